The first kappa shape index (κ1) is 17.7. The molecule has 1 aromatic carbocycles. The van der Waals surface area contributed by atoms with Crippen LogP contribution in [-0.4, -0.2) is 34.2 Å². The number of carbonyl (C=O) groups is 1. The van der Waals surface area contributed by atoms with Crippen molar-refractivity contribution in [1.82, 2.24) is 15.1 Å². The van der Waals surface area contributed by atoms with Crippen LogP contribution in [0.15, 0.2) is 45.5 Å². The van der Waals surface area contributed by atoms with Gasteiger partial charge in [0.25, 0.3) is 0 Å². The maximum absolute atomic E-state index is 12.7. The molecule has 3 heterocycles. The number of carbonyl (C=O) groups excluding carboxylic acids is 1. The molecule has 2 aromatic heterocycles. The molecular formula is C20H21N3O3S. The monoisotopic (exact) mass is 383 g/mol. The molecule has 0 saturated carbocycles. The zero-order chi connectivity index (χ0) is 18.6. The highest BCUT2D eigenvalue weighted by atomic mass is 32.1. The first-order chi connectivity index (χ1) is 13.2. The molecule has 0 bridgehead atoms. The maximum Gasteiger partial charge on any atom is 0.248 e. The third kappa shape index (κ3) is 3.88. The lowest BCUT2D eigenvalue weighted by Crippen LogP contribution is -2.31. The van der Waals surface area contributed by atoms with Gasteiger partial charge >= 0.3 is 0 Å². The number of rotatable bonds is 6. The first-order valence-electron chi connectivity index (χ1n) is 9.06. The third-order valence-corrected chi connectivity index (χ3v) is 5.42. The number of para-hydroxylation sites is 1. The van der Waals surface area contributed by atoms with Crippen molar-refractivity contribution in [2.24, 2.45) is 0 Å². The highest BCUT2D eigenvalue weighted by Gasteiger charge is 2.33. The predicted octanol–water partition coefficient (Wildman–Crippen LogP) is 4.24. The summed E-state index contributed by atoms with van der Waals surface area (Å²) in [5, 5.41) is 12.3. The number of ether oxygens (including phenoxy) is 1. The summed E-state index contributed by atoms with van der Waals surface area (Å²) in [6.07, 6.45) is 2.11. The van der Waals surface area contributed by atoms with Crippen LogP contribution in [0.5, 0.6) is 5.75 Å². The van der Waals surface area contributed by atoms with Gasteiger partial charge in [-0.1, -0.05) is 18.2 Å². The van der Waals surface area contributed by atoms with Gasteiger partial charge in [-0.25, -0.2) is 0 Å². The van der Waals surface area contributed by atoms with Crippen molar-refractivity contribution in [2.75, 3.05) is 13.2 Å². The number of thiophene rings is 1. The molecule has 0 unspecified atom stereocenters. The van der Waals surface area contributed by atoms with Gasteiger partial charge in [-0.05, 0) is 42.8 Å². The summed E-state index contributed by atoms with van der Waals surface area (Å²) in [5.41, 5.74) is 1.98. The lowest BCUT2D eigenvalue weighted by Gasteiger charge is -2.22. The molecule has 1 aliphatic heterocycles. The molecule has 7 heteroatoms. The SMILES string of the molecule is Cc1ccccc1OCCC(=O)N1CCC[C@@H]1c1nnc(-c2ccsc2)o1. The molecule has 4 rings (SSSR count). The Morgan fingerprint density at radius 2 is 2.22 bits per heavy atom. The van der Waals surface area contributed by atoms with E-state index in [1.54, 1.807) is 11.3 Å². The summed E-state index contributed by atoms with van der Waals surface area (Å²) < 4.78 is 11.6. The Kier molecular flexibility index (Phi) is 5.20. The van der Waals surface area contributed by atoms with Gasteiger partial charge in [0.05, 0.1) is 13.0 Å². The van der Waals surface area contributed by atoms with Gasteiger partial charge in [-0.15, -0.1) is 10.2 Å². The van der Waals surface area contributed by atoms with Gasteiger partial charge in [0.2, 0.25) is 17.7 Å². The van der Waals surface area contributed by atoms with E-state index in [9.17, 15) is 4.79 Å². The molecule has 0 radical (unpaired) electrons. The average molecular weight is 383 g/mol. The molecule has 0 N–H and O–H groups in total. The molecule has 27 heavy (non-hydrogen) atoms. The second-order valence-electron chi connectivity index (χ2n) is 6.57. The Morgan fingerprint density at radius 1 is 1.33 bits per heavy atom. The van der Waals surface area contributed by atoms with Gasteiger partial charge in [0.1, 0.15) is 11.8 Å². The summed E-state index contributed by atoms with van der Waals surface area (Å²) in [4.78, 5) is 14.5. The number of amides is 1. The van der Waals surface area contributed by atoms with Crippen LogP contribution in [-0.2, 0) is 4.79 Å². The number of hydrogen-bond acceptors (Lipinski definition) is 6. The molecule has 1 fully saturated rings. The van der Waals surface area contributed by atoms with E-state index in [2.05, 4.69) is 10.2 Å². The Bertz CT molecular complexity index is 907. The number of benzene rings is 1. The Hall–Kier alpha value is -2.67. The number of nitrogens with zero attached hydrogens (tertiary/aromatic N) is 3. The minimum absolute atomic E-state index is 0.0568. The average Bonchev–Trinajstić information content (AvgIpc) is 3.42. The molecular weight excluding hydrogens is 362 g/mol. The van der Waals surface area contributed by atoms with Crippen molar-refractivity contribution in [3.05, 3.63) is 52.5 Å². The highest BCUT2D eigenvalue weighted by Crippen LogP contribution is 2.33. The van der Waals surface area contributed by atoms with Gasteiger partial charge in [-0.3, -0.25) is 4.79 Å². The molecule has 140 valence electrons. The van der Waals surface area contributed by atoms with Crippen LogP contribution in [0.25, 0.3) is 11.5 Å². The summed E-state index contributed by atoms with van der Waals surface area (Å²) >= 11 is 1.58. The van der Waals surface area contributed by atoms with E-state index >= 15 is 0 Å². The minimum atomic E-state index is -0.143. The van der Waals surface area contributed by atoms with Gasteiger partial charge < -0.3 is 14.1 Å². The number of hydrogen-bond donors (Lipinski definition) is 0. The molecule has 1 saturated heterocycles. The minimum Gasteiger partial charge on any atom is -0.493 e. The lowest BCUT2D eigenvalue weighted by atomic mass is 10.2. The zero-order valence-electron chi connectivity index (χ0n) is 15.1. The Labute approximate surface area is 161 Å². The molecule has 0 spiro atoms. The standard InChI is InChI=1S/C20H21N3O3S/c1-14-5-2-3-7-17(14)25-11-8-18(24)23-10-4-6-16(23)20-22-21-19(26-20)15-9-12-27-13-15/h2-3,5,7,9,12-13,16H,4,6,8,10-11H2,1H3/t16-/m1/s1. The fourth-order valence-corrected chi connectivity index (χ4v) is 3.93. The molecule has 1 atom stereocenters. The van der Waals surface area contributed by atoms with Crippen molar-refractivity contribution < 1.29 is 13.9 Å². The van der Waals surface area contributed by atoms with E-state index in [1.165, 1.54) is 0 Å². The Morgan fingerprint density at radius 3 is 3.04 bits per heavy atom. The maximum atomic E-state index is 12.7. The molecule has 0 aliphatic carbocycles. The van der Waals surface area contributed by atoms with E-state index < -0.39 is 0 Å². The van der Waals surface area contributed by atoms with E-state index in [4.69, 9.17) is 9.15 Å². The van der Waals surface area contributed by atoms with Crippen LogP contribution >= 0.6 is 11.3 Å². The van der Waals surface area contributed by atoms with Crippen molar-refractivity contribution in [2.45, 2.75) is 32.2 Å². The second-order valence-corrected chi connectivity index (χ2v) is 7.35. The highest BCUT2D eigenvalue weighted by molar-refractivity contribution is 7.08. The normalized spacial score (nSPS) is 16.6. The quantitative estimate of drug-likeness (QED) is 0.637. The smallest absolute Gasteiger partial charge is 0.248 e. The van der Waals surface area contributed by atoms with Crippen molar-refractivity contribution >= 4 is 17.2 Å². The van der Waals surface area contributed by atoms with E-state index in [-0.39, 0.29) is 11.9 Å². The van der Waals surface area contributed by atoms with Crippen molar-refractivity contribution in [3.8, 4) is 17.2 Å². The lowest BCUT2D eigenvalue weighted by molar-refractivity contribution is -0.133. The van der Waals surface area contributed by atoms with Crippen molar-refractivity contribution in [3.63, 3.8) is 0 Å². The Balaban J connectivity index is 1.38. The summed E-state index contributed by atoms with van der Waals surface area (Å²) in [7, 11) is 0. The summed E-state index contributed by atoms with van der Waals surface area (Å²) in [5.74, 6) is 1.90. The van der Waals surface area contributed by atoms with Crippen LogP contribution in [0.4, 0.5) is 0 Å². The molecule has 1 amide bonds. The van der Waals surface area contributed by atoms with Gasteiger partial charge in [0, 0.05) is 17.5 Å². The number of aryl methyl sites for hydroxylation is 1. The fourth-order valence-electron chi connectivity index (χ4n) is 3.30. The van der Waals surface area contributed by atoms with Crippen LogP contribution in [0.2, 0.25) is 0 Å². The summed E-state index contributed by atoms with van der Waals surface area (Å²) in [6, 6.07) is 9.62. The predicted molar refractivity (Wildman–Crippen MR) is 103 cm³/mol. The largest absolute Gasteiger partial charge is 0.493 e. The molecule has 1 aliphatic rings. The van der Waals surface area contributed by atoms with E-state index in [0.717, 1.165) is 29.7 Å². The fraction of sp³-hybridized carbons (Fsp3) is 0.350. The zero-order valence-corrected chi connectivity index (χ0v) is 15.9. The van der Waals surface area contributed by atoms with Crippen LogP contribution in [0, 0.1) is 6.92 Å². The third-order valence-electron chi connectivity index (χ3n) is 4.73. The topological polar surface area (TPSA) is 68.5 Å². The van der Waals surface area contributed by atoms with Gasteiger partial charge in [0.15, 0.2) is 0 Å². The molecule has 3 aromatic rings. The van der Waals surface area contributed by atoms with Crippen LogP contribution in [0.1, 0.15) is 36.8 Å². The van der Waals surface area contributed by atoms with E-state index in [1.807, 2.05) is 52.9 Å². The molecule has 6 nitrogen and oxygen atoms in total. The second kappa shape index (κ2) is 7.92. The van der Waals surface area contributed by atoms with E-state index in [0.29, 0.717) is 31.4 Å². The first-order valence-corrected chi connectivity index (χ1v) is 10.0. The van der Waals surface area contributed by atoms with Crippen molar-refractivity contribution in [1.29, 1.82) is 0 Å². The summed E-state index contributed by atoms with van der Waals surface area (Å²) in [6.45, 7) is 3.06. The number of aromatic nitrogens is 2. The van der Waals surface area contributed by atoms with Crippen LogP contribution in [0.3, 0.4) is 0 Å². The van der Waals surface area contributed by atoms with Gasteiger partial charge in [-0.2, -0.15) is 11.3 Å². The number of likely N-dealkylation sites (tertiary alicyclic amines) is 1. The van der Waals surface area contributed by atoms with Crippen LogP contribution < -0.4 is 4.74 Å².